The average Bonchev–Trinajstić information content (AvgIpc) is 3.18. The van der Waals surface area contributed by atoms with Crippen LogP contribution >= 0.6 is 0 Å². The summed E-state index contributed by atoms with van der Waals surface area (Å²) in [6.45, 7) is 21.8. The summed E-state index contributed by atoms with van der Waals surface area (Å²) in [6, 6.07) is 0. The van der Waals surface area contributed by atoms with Gasteiger partial charge in [0, 0.05) is 19.3 Å². The fraction of sp³-hybridized carbons (Fsp3) is 0.786. The van der Waals surface area contributed by atoms with Crippen LogP contribution in [0.15, 0.2) is 12.5 Å². The predicted molar refractivity (Wildman–Crippen MR) is 143 cm³/mol. The standard InChI is InChI=1S/C28H49N3O6/c1-12-35-22(32)28(11,21-19-30(20-29-21)18-16-25(2,3)4)15-13-14-17-31(23(33)36-26(5,6)7)24(34)37-27(8,9)10/h19-20H,12-18H2,1-11H3. The van der Waals surface area contributed by atoms with Gasteiger partial charge in [-0.25, -0.2) is 19.5 Å². The van der Waals surface area contributed by atoms with E-state index in [1.165, 1.54) is 0 Å². The molecule has 0 aliphatic carbocycles. The van der Waals surface area contributed by atoms with E-state index in [-0.39, 0.29) is 24.5 Å². The minimum absolute atomic E-state index is 0.1000. The third-order valence-corrected chi connectivity index (χ3v) is 5.58. The van der Waals surface area contributed by atoms with Crippen molar-refractivity contribution in [1.29, 1.82) is 0 Å². The van der Waals surface area contributed by atoms with Gasteiger partial charge in [-0.15, -0.1) is 0 Å². The molecule has 1 rings (SSSR count). The Morgan fingerprint density at radius 2 is 1.41 bits per heavy atom. The molecule has 0 spiro atoms. The summed E-state index contributed by atoms with van der Waals surface area (Å²) in [5.74, 6) is -0.341. The molecule has 1 atom stereocenters. The Morgan fingerprint density at radius 3 is 1.86 bits per heavy atom. The van der Waals surface area contributed by atoms with Crippen molar-refractivity contribution in [2.24, 2.45) is 5.41 Å². The second-order valence-corrected chi connectivity index (χ2v) is 12.9. The van der Waals surface area contributed by atoms with E-state index in [1.807, 2.05) is 17.7 Å². The van der Waals surface area contributed by atoms with Crippen LogP contribution in [0.5, 0.6) is 0 Å². The first-order valence-corrected chi connectivity index (χ1v) is 13.2. The molecule has 0 bridgehead atoms. The number of rotatable bonds is 10. The van der Waals surface area contributed by atoms with Crippen molar-refractivity contribution in [3.8, 4) is 0 Å². The number of ether oxygens (including phenoxy) is 3. The summed E-state index contributed by atoms with van der Waals surface area (Å²) in [6.07, 6.45) is 4.58. The fourth-order valence-electron chi connectivity index (χ4n) is 3.50. The highest BCUT2D eigenvalue weighted by molar-refractivity contribution is 5.88. The number of aryl methyl sites for hydroxylation is 1. The van der Waals surface area contributed by atoms with E-state index in [1.54, 1.807) is 54.8 Å². The van der Waals surface area contributed by atoms with Crippen molar-refractivity contribution in [2.75, 3.05) is 13.2 Å². The van der Waals surface area contributed by atoms with Crippen molar-refractivity contribution < 1.29 is 28.6 Å². The van der Waals surface area contributed by atoms with Gasteiger partial charge in [0.15, 0.2) is 0 Å². The molecule has 0 radical (unpaired) electrons. The van der Waals surface area contributed by atoms with Gasteiger partial charge >= 0.3 is 18.2 Å². The van der Waals surface area contributed by atoms with Gasteiger partial charge in [-0.2, -0.15) is 0 Å². The van der Waals surface area contributed by atoms with Gasteiger partial charge in [0.25, 0.3) is 0 Å². The Bertz CT molecular complexity index is 876. The highest BCUT2D eigenvalue weighted by atomic mass is 16.6. The average molecular weight is 524 g/mol. The molecule has 0 fully saturated rings. The summed E-state index contributed by atoms with van der Waals surface area (Å²) in [5, 5.41) is 0. The minimum atomic E-state index is -0.953. The van der Waals surface area contributed by atoms with Crippen LogP contribution < -0.4 is 0 Å². The lowest BCUT2D eigenvalue weighted by molar-refractivity contribution is -0.150. The van der Waals surface area contributed by atoms with E-state index in [2.05, 4.69) is 25.8 Å². The fourth-order valence-corrected chi connectivity index (χ4v) is 3.50. The summed E-state index contributed by atoms with van der Waals surface area (Å²) in [7, 11) is 0. The van der Waals surface area contributed by atoms with Crippen molar-refractivity contribution in [3.05, 3.63) is 18.2 Å². The zero-order valence-corrected chi connectivity index (χ0v) is 24.9. The molecule has 212 valence electrons. The van der Waals surface area contributed by atoms with Crippen molar-refractivity contribution in [2.45, 2.75) is 125 Å². The van der Waals surface area contributed by atoms with Crippen LogP contribution in [0.25, 0.3) is 0 Å². The van der Waals surface area contributed by atoms with Crippen molar-refractivity contribution >= 4 is 18.2 Å². The maximum atomic E-state index is 13.0. The minimum Gasteiger partial charge on any atom is -0.465 e. The molecular formula is C28H49N3O6. The number of hydrogen-bond donors (Lipinski definition) is 0. The number of imidazole rings is 1. The predicted octanol–water partition coefficient (Wildman–Crippen LogP) is 6.48. The molecule has 1 aromatic heterocycles. The molecule has 0 N–H and O–H groups in total. The molecule has 1 heterocycles. The lowest BCUT2D eigenvalue weighted by Crippen LogP contribution is -2.44. The van der Waals surface area contributed by atoms with Crippen molar-refractivity contribution in [1.82, 2.24) is 14.5 Å². The third kappa shape index (κ3) is 11.6. The van der Waals surface area contributed by atoms with Crippen molar-refractivity contribution in [3.63, 3.8) is 0 Å². The molecule has 0 aliphatic rings. The van der Waals surface area contributed by atoms with E-state index >= 15 is 0 Å². The molecule has 0 aromatic carbocycles. The first-order valence-electron chi connectivity index (χ1n) is 13.2. The number of imide groups is 1. The number of amides is 2. The second-order valence-electron chi connectivity index (χ2n) is 12.9. The molecule has 9 heteroatoms. The molecule has 37 heavy (non-hydrogen) atoms. The number of carbonyl (C=O) groups is 3. The summed E-state index contributed by atoms with van der Waals surface area (Å²) >= 11 is 0. The van der Waals surface area contributed by atoms with Crippen LogP contribution in [0, 0.1) is 5.41 Å². The summed E-state index contributed by atoms with van der Waals surface area (Å²) < 4.78 is 18.3. The maximum Gasteiger partial charge on any atom is 0.419 e. The van der Waals surface area contributed by atoms with Crippen LogP contribution in [-0.2, 0) is 31.0 Å². The highest BCUT2D eigenvalue weighted by Gasteiger charge is 2.39. The molecule has 0 saturated carbocycles. The lowest BCUT2D eigenvalue weighted by atomic mass is 9.82. The Hall–Kier alpha value is -2.58. The molecule has 0 aliphatic heterocycles. The van der Waals surface area contributed by atoms with Gasteiger partial charge in [-0.3, -0.25) is 4.79 Å². The topological polar surface area (TPSA) is 100.0 Å². The Kier molecular flexibility index (Phi) is 11.2. The van der Waals surface area contributed by atoms with Gasteiger partial charge in [0.2, 0.25) is 0 Å². The highest BCUT2D eigenvalue weighted by Crippen LogP contribution is 2.31. The number of unbranched alkanes of at least 4 members (excludes halogenated alkanes) is 1. The molecular weight excluding hydrogens is 474 g/mol. The molecule has 2 amide bonds. The third-order valence-electron chi connectivity index (χ3n) is 5.58. The first-order chi connectivity index (χ1) is 16.8. The maximum absolute atomic E-state index is 13.0. The number of nitrogens with zero attached hydrogens (tertiary/aromatic N) is 3. The van der Waals surface area contributed by atoms with Gasteiger partial charge < -0.3 is 18.8 Å². The summed E-state index contributed by atoms with van der Waals surface area (Å²) in [5.41, 5.74) is -1.64. The monoisotopic (exact) mass is 523 g/mol. The van der Waals surface area contributed by atoms with Gasteiger partial charge in [-0.1, -0.05) is 27.2 Å². The van der Waals surface area contributed by atoms with E-state index in [0.717, 1.165) is 17.9 Å². The number of aromatic nitrogens is 2. The van der Waals surface area contributed by atoms with Gasteiger partial charge in [-0.05, 0) is 80.1 Å². The summed E-state index contributed by atoms with van der Waals surface area (Å²) in [4.78, 5) is 44.0. The first kappa shape index (κ1) is 32.4. The van der Waals surface area contributed by atoms with Gasteiger partial charge in [0.1, 0.15) is 16.6 Å². The van der Waals surface area contributed by atoms with E-state index < -0.39 is 28.8 Å². The van der Waals surface area contributed by atoms with Crippen LogP contribution in [-0.4, -0.2) is 57.0 Å². The lowest BCUT2D eigenvalue weighted by Gasteiger charge is -2.29. The smallest absolute Gasteiger partial charge is 0.419 e. The van der Waals surface area contributed by atoms with Gasteiger partial charge in [0.05, 0.1) is 18.6 Å². The number of carbonyl (C=O) groups excluding carboxylic acids is 3. The van der Waals surface area contributed by atoms with E-state index in [9.17, 15) is 14.4 Å². The van der Waals surface area contributed by atoms with E-state index in [4.69, 9.17) is 14.2 Å². The normalized spacial score (nSPS) is 14.0. The SMILES string of the molecule is CCOC(=O)C(C)(CCCCN(C(=O)OC(C)(C)C)C(=O)OC(C)(C)C)c1cn(CCC(C)(C)C)cn1. The molecule has 9 nitrogen and oxygen atoms in total. The molecule has 0 saturated heterocycles. The Morgan fingerprint density at radius 1 is 0.865 bits per heavy atom. The zero-order valence-electron chi connectivity index (χ0n) is 24.9. The largest absolute Gasteiger partial charge is 0.465 e. The van der Waals surface area contributed by atoms with E-state index in [0.29, 0.717) is 25.0 Å². The van der Waals surface area contributed by atoms with Crippen LogP contribution in [0.1, 0.15) is 108 Å². The van der Waals surface area contributed by atoms with Crippen LogP contribution in [0.3, 0.4) is 0 Å². The zero-order chi connectivity index (χ0) is 28.7. The second kappa shape index (κ2) is 12.8. The quantitative estimate of drug-likeness (QED) is 0.196. The number of hydrogen-bond acceptors (Lipinski definition) is 7. The number of esters is 1. The van der Waals surface area contributed by atoms with Crippen LogP contribution in [0.2, 0.25) is 0 Å². The Labute approximate surface area is 223 Å². The Balaban J connectivity index is 2.98. The molecule has 1 aromatic rings. The van der Waals surface area contributed by atoms with Crippen LogP contribution in [0.4, 0.5) is 9.59 Å². The molecule has 1 unspecified atom stereocenters.